The maximum Gasteiger partial charge on any atom is 0.418 e. The highest BCUT2D eigenvalue weighted by Crippen LogP contribution is 2.45. The number of hydrogen-bond donors (Lipinski definition) is 1. The summed E-state index contributed by atoms with van der Waals surface area (Å²) in [4.78, 5) is 15.0. The van der Waals surface area contributed by atoms with Crippen molar-refractivity contribution in [3.05, 3.63) is 40.4 Å². The Bertz CT molecular complexity index is 741. The Morgan fingerprint density at radius 3 is 2.75 bits per heavy atom. The van der Waals surface area contributed by atoms with Crippen LogP contribution in [0.4, 0.5) is 5.69 Å². The fourth-order valence-corrected chi connectivity index (χ4v) is 2.06. The molecule has 6 heteroatoms. The molecule has 0 atom stereocenters. The molecule has 0 saturated heterocycles. The number of hydrogen-bond acceptors (Lipinski definition) is 5. The molecule has 0 aliphatic heterocycles. The van der Waals surface area contributed by atoms with E-state index in [9.17, 15) is 15.2 Å². The lowest BCUT2D eigenvalue weighted by Crippen LogP contribution is -2.04. The molecule has 0 saturated carbocycles. The van der Waals surface area contributed by atoms with E-state index < -0.39 is 5.97 Å². The fourth-order valence-electron chi connectivity index (χ4n) is 2.06. The van der Waals surface area contributed by atoms with E-state index >= 15 is 0 Å². The minimum absolute atomic E-state index is 0.0348. The molecule has 0 fully saturated rings. The number of esters is 1. The Hall–Kier alpha value is -3.12. The van der Waals surface area contributed by atoms with Crippen LogP contribution in [0, 0.1) is 16.7 Å². The Morgan fingerprint density at radius 2 is 2.15 bits per heavy atom. The van der Waals surface area contributed by atoms with Gasteiger partial charge in [0.25, 0.3) is 0 Å². The Morgan fingerprint density at radius 1 is 1.45 bits per heavy atom. The standard InChI is InChI=1S/C14H9N3O3/c1-2-20-14(19)12-8-5-3-4-6-10(18)11(8)9(7-15)13(12)17-16/h3-6H,2H2,1H3/p+1. The average molecular weight is 268 g/mol. The number of nitriles is 1. The topological polar surface area (TPSA) is 98.5 Å². The van der Waals surface area contributed by atoms with Gasteiger partial charge in [-0.3, -0.25) is 0 Å². The molecule has 0 spiro atoms. The van der Waals surface area contributed by atoms with Gasteiger partial charge in [-0.1, -0.05) is 18.2 Å². The van der Waals surface area contributed by atoms with Crippen molar-refractivity contribution in [3.8, 4) is 22.9 Å². The van der Waals surface area contributed by atoms with Gasteiger partial charge in [0.15, 0.2) is 16.1 Å². The summed E-state index contributed by atoms with van der Waals surface area (Å²) < 4.78 is 4.91. The lowest BCUT2D eigenvalue weighted by Gasteiger charge is -2.00. The lowest BCUT2D eigenvalue weighted by molar-refractivity contribution is 0.0529. The van der Waals surface area contributed by atoms with Crippen molar-refractivity contribution in [2.45, 2.75) is 6.92 Å². The summed E-state index contributed by atoms with van der Waals surface area (Å²) in [5.74, 6) is -0.889. The summed E-state index contributed by atoms with van der Waals surface area (Å²) in [6, 6.07) is 7.96. The van der Waals surface area contributed by atoms with Crippen molar-refractivity contribution in [2.75, 3.05) is 6.61 Å². The molecule has 2 aliphatic carbocycles. The van der Waals surface area contributed by atoms with Gasteiger partial charge in [-0.25, -0.2) is 4.79 Å². The van der Waals surface area contributed by atoms with E-state index in [-0.39, 0.29) is 34.7 Å². The minimum Gasteiger partial charge on any atom is -0.507 e. The minimum atomic E-state index is -0.711. The van der Waals surface area contributed by atoms with Crippen LogP contribution in [0.15, 0.2) is 24.3 Å². The van der Waals surface area contributed by atoms with Gasteiger partial charge in [0, 0.05) is 5.56 Å². The molecule has 2 rings (SSSR count). The molecule has 0 amide bonds. The SMILES string of the molecule is CCOC(=O)c1c2ccccc(O)c-2c(C#N)c1[N+]#N. The largest absolute Gasteiger partial charge is 0.507 e. The number of carbonyl (C=O) groups is 1. The van der Waals surface area contributed by atoms with Gasteiger partial charge < -0.3 is 9.84 Å². The van der Waals surface area contributed by atoms with Crippen molar-refractivity contribution in [2.24, 2.45) is 0 Å². The van der Waals surface area contributed by atoms with Crippen molar-refractivity contribution < 1.29 is 14.6 Å². The molecule has 0 heterocycles. The molecule has 0 radical (unpaired) electrons. The van der Waals surface area contributed by atoms with Crippen molar-refractivity contribution in [1.82, 2.24) is 0 Å². The van der Waals surface area contributed by atoms with Crippen LogP contribution in [0.3, 0.4) is 0 Å². The smallest absolute Gasteiger partial charge is 0.418 e. The maximum atomic E-state index is 12.0. The predicted molar refractivity (Wildman–Crippen MR) is 70.1 cm³/mol. The summed E-state index contributed by atoms with van der Waals surface area (Å²) in [6.45, 7) is 1.78. The predicted octanol–water partition coefficient (Wildman–Crippen LogP) is 3.03. The number of rotatable bonds is 2. The van der Waals surface area contributed by atoms with E-state index in [1.807, 2.05) is 6.07 Å². The lowest BCUT2D eigenvalue weighted by atomic mass is 10.1. The van der Waals surface area contributed by atoms with Crippen LogP contribution in [-0.2, 0) is 4.74 Å². The number of fused-ring (bicyclic) bond motifs is 1. The van der Waals surface area contributed by atoms with Crippen LogP contribution in [0.2, 0.25) is 0 Å². The van der Waals surface area contributed by atoms with Crippen LogP contribution in [0.1, 0.15) is 22.8 Å². The van der Waals surface area contributed by atoms with Crippen molar-refractivity contribution >= 4 is 11.7 Å². The third-order valence-corrected chi connectivity index (χ3v) is 2.84. The molecule has 6 nitrogen and oxygen atoms in total. The first-order chi connectivity index (χ1) is 9.65. The first-order valence-corrected chi connectivity index (χ1v) is 5.85. The quantitative estimate of drug-likeness (QED) is 0.666. The van der Waals surface area contributed by atoms with Gasteiger partial charge in [-0.05, 0) is 13.0 Å². The Labute approximate surface area is 114 Å². The van der Waals surface area contributed by atoms with E-state index in [0.29, 0.717) is 5.56 Å². The highest BCUT2D eigenvalue weighted by molar-refractivity contribution is 6.09. The molecule has 2 aliphatic rings. The maximum absolute atomic E-state index is 12.0. The summed E-state index contributed by atoms with van der Waals surface area (Å²) in [6.07, 6.45) is 0. The summed E-state index contributed by atoms with van der Waals surface area (Å²) >= 11 is 0. The third-order valence-electron chi connectivity index (χ3n) is 2.84. The van der Waals surface area contributed by atoms with E-state index in [2.05, 4.69) is 4.98 Å². The van der Waals surface area contributed by atoms with Gasteiger partial charge >= 0.3 is 11.7 Å². The molecular weight excluding hydrogens is 258 g/mol. The Balaban J connectivity index is 2.90. The normalized spacial score (nSPS) is 9.75. The number of carbonyl (C=O) groups excluding carboxylic acids is 1. The van der Waals surface area contributed by atoms with Crippen LogP contribution < -0.4 is 0 Å². The molecule has 0 aromatic heterocycles. The molecule has 98 valence electrons. The number of diazo groups is 1. The van der Waals surface area contributed by atoms with Crippen molar-refractivity contribution in [1.29, 1.82) is 10.7 Å². The van der Waals surface area contributed by atoms with Gasteiger partial charge in [-0.2, -0.15) is 5.26 Å². The molecule has 0 aromatic rings. The number of ether oxygens (including phenoxy) is 1. The van der Waals surface area contributed by atoms with E-state index in [0.717, 1.165) is 0 Å². The Kier molecular flexibility index (Phi) is 3.49. The zero-order valence-corrected chi connectivity index (χ0v) is 10.6. The summed E-state index contributed by atoms with van der Waals surface area (Å²) in [7, 11) is 0. The summed E-state index contributed by atoms with van der Waals surface area (Å²) in [5, 5.41) is 28.2. The second-order valence-electron chi connectivity index (χ2n) is 3.92. The second kappa shape index (κ2) is 5.25. The van der Waals surface area contributed by atoms with Crippen LogP contribution >= 0.6 is 0 Å². The second-order valence-corrected chi connectivity index (χ2v) is 3.92. The average Bonchev–Trinajstić information content (AvgIpc) is 2.65. The number of aromatic hydroxyl groups is 1. The van der Waals surface area contributed by atoms with Gasteiger partial charge in [0.2, 0.25) is 5.39 Å². The molecule has 0 aromatic carbocycles. The highest BCUT2D eigenvalue weighted by atomic mass is 16.5. The zero-order valence-electron chi connectivity index (χ0n) is 10.6. The van der Waals surface area contributed by atoms with Crippen LogP contribution in [-0.4, -0.2) is 17.7 Å². The fraction of sp³-hybridized carbons (Fsp3) is 0.143. The first kappa shape index (κ1) is 13.3. The van der Waals surface area contributed by atoms with Gasteiger partial charge in [-0.15, -0.1) is 0 Å². The monoisotopic (exact) mass is 268 g/mol. The van der Waals surface area contributed by atoms with E-state index in [1.54, 1.807) is 25.1 Å². The van der Waals surface area contributed by atoms with Crippen LogP contribution in [0.5, 0.6) is 5.75 Å². The third kappa shape index (κ3) is 1.90. The van der Waals surface area contributed by atoms with Crippen LogP contribution in [0.25, 0.3) is 16.1 Å². The van der Waals surface area contributed by atoms with E-state index in [1.165, 1.54) is 6.07 Å². The van der Waals surface area contributed by atoms with E-state index in [4.69, 9.17) is 10.1 Å². The molecular formula is C14H10N3O3+. The summed E-state index contributed by atoms with van der Waals surface area (Å²) in [5.41, 5.74) is 0.165. The van der Waals surface area contributed by atoms with Gasteiger partial charge in [0.1, 0.15) is 11.8 Å². The highest BCUT2D eigenvalue weighted by Gasteiger charge is 2.38. The van der Waals surface area contributed by atoms with Gasteiger partial charge in [0.05, 0.1) is 12.2 Å². The first-order valence-electron chi connectivity index (χ1n) is 5.85. The molecule has 20 heavy (non-hydrogen) atoms. The molecule has 0 unspecified atom stereocenters. The molecule has 1 N–H and O–H groups in total. The van der Waals surface area contributed by atoms with Crippen molar-refractivity contribution in [3.63, 3.8) is 0 Å². The number of nitrogens with zero attached hydrogens (tertiary/aromatic N) is 3. The molecule has 0 bridgehead atoms. The zero-order chi connectivity index (χ0) is 14.7.